The fraction of sp³-hybridized carbons (Fsp3) is 0.192. The van der Waals surface area contributed by atoms with Crippen LogP contribution in [0.1, 0.15) is 36.3 Å². The molecule has 0 spiro atoms. The maximum atomic E-state index is 14.2. The summed E-state index contributed by atoms with van der Waals surface area (Å²) < 4.78 is 31.1. The summed E-state index contributed by atoms with van der Waals surface area (Å²) in [7, 11) is -1.04. The standard InChI is InChI=1S/C26H24FNO3S/c1-16-23(13-18-6-9-21(10-7-18)32(3)30)22-11-8-19(27)14-24(22)25(16)17(2)26(29)28-15-20-5-4-12-31-20/h4-14,17H,15H2,1-3H3,(H,28,29)/b23-13-. The van der Waals surface area contributed by atoms with Gasteiger partial charge in [0.25, 0.3) is 0 Å². The second-order valence-electron chi connectivity index (χ2n) is 7.83. The molecule has 6 heteroatoms. The molecule has 0 saturated heterocycles. The van der Waals surface area contributed by atoms with Crippen LogP contribution in [-0.4, -0.2) is 16.4 Å². The zero-order valence-electron chi connectivity index (χ0n) is 18.1. The lowest BCUT2D eigenvalue weighted by Gasteiger charge is -2.15. The zero-order valence-corrected chi connectivity index (χ0v) is 19.0. The minimum Gasteiger partial charge on any atom is -0.467 e. The Morgan fingerprint density at radius 3 is 2.56 bits per heavy atom. The predicted molar refractivity (Wildman–Crippen MR) is 125 cm³/mol. The van der Waals surface area contributed by atoms with Gasteiger partial charge < -0.3 is 9.73 Å². The van der Waals surface area contributed by atoms with Crippen LogP contribution in [-0.2, 0) is 22.1 Å². The lowest BCUT2D eigenvalue weighted by Crippen LogP contribution is -2.29. The topological polar surface area (TPSA) is 59.3 Å². The van der Waals surface area contributed by atoms with Gasteiger partial charge in [0.05, 0.1) is 18.7 Å². The molecule has 0 bridgehead atoms. The van der Waals surface area contributed by atoms with E-state index in [1.165, 1.54) is 12.1 Å². The molecule has 0 radical (unpaired) electrons. The van der Waals surface area contributed by atoms with E-state index in [9.17, 15) is 13.4 Å². The van der Waals surface area contributed by atoms with Gasteiger partial charge in [0, 0.05) is 22.0 Å². The Kier molecular flexibility index (Phi) is 6.24. The summed E-state index contributed by atoms with van der Waals surface area (Å²) in [5, 5.41) is 2.90. The highest BCUT2D eigenvalue weighted by atomic mass is 32.2. The molecule has 2 atom stereocenters. The number of furan rings is 1. The molecule has 32 heavy (non-hydrogen) atoms. The predicted octanol–water partition coefficient (Wildman–Crippen LogP) is 5.44. The number of halogens is 1. The number of hydrogen-bond acceptors (Lipinski definition) is 3. The van der Waals surface area contributed by atoms with Gasteiger partial charge >= 0.3 is 0 Å². The second-order valence-corrected chi connectivity index (χ2v) is 9.21. The van der Waals surface area contributed by atoms with Gasteiger partial charge in [-0.15, -0.1) is 0 Å². The van der Waals surface area contributed by atoms with E-state index in [1.54, 1.807) is 30.7 Å². The number of rotatable bonds is 6. The first-order chi connectivity index (χ1) is 15.3. The third-order valence-corrected chi connectivity index (χ3v) is 6.67. The molecule has 1 aliphatic rings. The molecular formula is C26H24FNO3S. The third kappa shape index (κ3) is 4.36. The van der Waals surface area contributed by atoms with Gasteiger partial charge in [0.15, 0.2) is 0 Å². The lowest BCUT2D eigenvalue weighted by molar-refractivity contribution is -0.123. The van der Waals surface area contributed by atoms with Gasteiger partial charge in [-0.1, -0.05) is 18.2 Å². The fourth-order valence-electron chi connectivity index (χ4n) is 4.06. The average Bonchev–Trinajstić information content (AvgIpc) is 3.38. The van der Waals surface area contributed by atoms with Crippen LogP contribution < -0.4 is 5.32 Å². The Morgan fingerprint density at radius 1 is 1.16 bits per heavy atom. The molecule has 1 amide bonds. The summed E-state index contributed by atoms with van der Waals surface area (Å²) >= 11 is 0. The van der Waals surface area contributed by atoms with Gasteiger partial charge in [-0.2, -0.15) is 0 Å². The smallest absolute Gasteiger partial charge is 0.227 e. The summed E-state index contributed by atoms with van der Waals surface area (Å²) in [5.41, 5.74) is 5.28. The number of fused-ring (bicyclic) bond motifs is 1. The molecule has 4 nitrogen and oxygen atoms in total. The van der Waals surface area contributed by atoms with Crippen molar-refractivity contribution in [3.05, 3.63) is 94.7 Å². The van der Waals surface area contributed by atoms with Gasteiger partial charge in [0.1, 0.15) is 11.6 Å². The summed E-state index contributed by atoms with van der Waals surface area (Å²) in [6.07, 6.45) is 5.23. The normalized spacial score (nSPS) is 16.2. The van der Waals surface area contributed by atoms with Crippen LogP contribution in [0.25, 0.3) is 17.2 Å². The molecular weight excluding hydrogens is 425 g/mol. The molecule has 3 aromatic rings. The van der Waals surface area contributed by atoms with Crippen molar-refractivity contribution in [2.45, 2.75) is 25.3 Å². The molecule has 0 fully saturated rings. The monoisotopic (exact) mass is 449 g/mol. The van der Waals surface area contributed by atoms with Crippen molar-refractivity contribution in [1.29, 1.82) is 0 Å². The van der Waals surface area contributed by atoms with E-state index in [2.05, 4.69) is 5.32 Å². The number of nitrogens with one attached hydrogen (secondary N) is 1. The third-order valence-electron chi connectivity index (χ3n) is 5.74. The highest BCUT2D eigenvalue weighted by Gasteiger charge is 2.30. The Morgan fingerprint density at radius 2 is 1.91 bits per heavy atom. The second kappa shape index (κ2) is 9.09. The Balaban J connectivity index is 1.69. The number of hydrogen-bond donors (Lipinski definition) is 1. The van der Waals surface area contributed by atoms with Crippen LogP contribution in [0.15, 0.2) is 75.7 Å². The summed E-state index contributed by atoms with van der Waals surface area (Å²) in [6.45, 7) is 4.09. The van der Waals surface area contributed by atoms with Crippen molar-refractivity contribution in [1.82, 2.24) is 5.32 Å². The molecule has 0 aliphatic heterocycles. The molecule has 1 aliphatic carbocycles. The first-order valence-corrected chi connectivity index (χ1v) is 11.9. The van der Waals surface area contributed by atoms with E-state index in [0.29, 0.717) is 12.3 Å². The number of carbonyl (C=O) groups is 1. The molecule has 2 aromatic carbocycles. The Labute approximate surface area is 189 Å². The van der Waals surface area contributed by atoms with Gasteiger partial charge in [0.2, 0.25) is 5.91 Å². The Bertz CT molecular complexity index is 1240. The SMILES string of the molecule is CC1=C(C(C)C(=O)NCc2ccco2)c2cc(F)ccc2/C1=C\c1ccc(S(C)=O)cc1. The number of allylic oxidation sites excluding steroid dienone is 2. The fourth-order valence-corrected chi connectivity index (χ4v) is 4.58. The van der Waals surface area contributed by atoms with E-state index in [-0.39, 0.29) is 11.7 Å². The van der Waals surface area contributed by atoms with Crippen molar-refractivity contribution in [2.75, 3.05) is 6.26 Å². The van der Waals surface area contributed by atoms with Crippen LogP contribution in [0, 0.1) is 11.7 Å². The van der Waals surface area contributed by atoms with Crippen LogP contribution in [0.5, 0.6) is 0 Å². The number of benzene rings is 2. The van der Waals surface area contributed by atoms with Crippen LogP contribution in [0.4, 0.5) is 4.39 Å². The van der Waals surface area contributed by atoms with Crippen molar-refractivity contribution in [3.63, 3.8) is 0 Å². The largest absolute Gasteiger partial charge is 0.467 e. The molecule has 4 rings (SSSR count). The molecule has 0 saturated carbocycles. The number of carbonyl (C=O) groups excluding carboxylic acids is 1. The molecule has 1 aromatic heterocycles. The summed E-state index contributed by atoms with van der Waals surface area (Å²) in [5.74, 6) is -0.289. The zero-order chi connectivity index (χ0) is 22.8. The first-order valence-electron chi connectivity index (χ1n) is 10.3. The van der Waals surface area contributed by atoms with Crippen LogP contribution >= 0.6 is 0 Å². The highest BCUT2D eigenvalue weighted by Crippen LogP contribution is 2.45. The van der Waals surface area contributed by atoms with Gasteiger partial charge in [-0.3, -0.25) is 9.00 Å². The molecule has 1 N–H and O–H groups in total. The molecule has 164 valence electrons. The summed E-state index contributed by atoms with van der Waals surface area (Å²) in [6, 6.07) is 15.8. The minimum atomic E-state index is -1.04. The van der Waals surface area contributed by atoms with Crippen molar-refractivity contribution in [3.8, 4) is 0 Å². The van der Waals surface area contributed by atoms with Crippen LogP contribution in [0.3, 0.4) is 0 Å². The van der Waals surface area contributed by atoms with Gasteiger partial charge in [-0.05, 0) is 89.7 Å². The average molecular weight is 450 g/mol. The maximum absolute atomic E-state index is 14.2. The summed E-state index contributed by atoms with van der Waals surface area (Å²) in [4.78, 5) is 13.7. The first kappa shape index (κ1) is 22.0. The van der Waals surface area contributed by atoms with Crippen molar-refractivity contribution >= 4 is 33.9 Å². The molecule has 2 unspecified atom stereocenters. The minimum absolute atomic E-state index is 0.151. The van der Waals surface area contributed by atoms with E-state index in [1.807, 2.05) is 44.2 Å². The van der Waals surface area contributed by atoms with Gasteiger partial charge in [-0.25, -0.2) is 4.39 Å². The van der Waals surface area contributed by atoms with Crippen LogP contribution in [0.2, 0.25) is 0 Å². The van der Waals surface area contributed by atoms with Crippen molar-refractivity contribution in [2.24, 2.45) is 5.92 Å². The lowest BCUT2D eigenvalue weighted by atomic mass is 9.92. The highest BCUT2D eigenvalue weighted by molar-refractivity contribution is 7.84. The maximum Gasteiger partial charge on any atom is 0.227 e. The van der Waals surface area contributed by atoms with E-state index < -0.39 is 16.7 Å². The quantitative estimate of drug-likeness (QED) is 0.545. The Hall–Kier alpha value is -3.25. The van der Waals surface area contributed by atoms with E-state index >= 15 is 0 Å². The molecule has 1 heterocycles. The van der Waals surface area contributed by atoms with E-state index in [4.69, 9.17) is 4.42 Å². The van der Waals surface area contributed by atoms with E-state index in [0.717, 1.165) is 38.3 Å². The van der Waals surface area contributed by atoms with Crippen molar-refractivity contribution < 1.29 is 17.8 Å². The number of amides is 1.